The van der Waals surface area contributed by atoms with Crippen LogP contribution in [0.3, 0.4) is 0 Å². The summed E-state index contributed by atoms with van der Waals surface area (Å²) in [6.07, 6.45) is 7.84. The van der Waals surface area contributed by atoms with Crippen LogP contribution in [0.1, 0.15) is 19.4 Å². The van der Waals surface area contributed by atoms with E-state index in [2.05, 4.69) is 22.4 Å². The third kappa shape index (κ3) is 2.53. The second-order valence-electron chi connectivity index (χ2n) is 3.76. The van der Waals surface area contributed by atoms with Crippen molar-refractivity contribution in [3.05, 3.63) is 60.4 Å². The van der Waals surface area contributed by atoms with E-state index in [-0.39, 0.29) is 0 Å². The molecule has 2 nitrogen and oxygen atoms in total. The summed E-state index contributed by atoms with van der Waals surface area (Å²) in [5, 5.41) is 4.40. The summed E-state index contributed by atoms with van der Waals surface area (Å²) < 4.78 is 0. The smallest absolute Gasteiger partial charge is 0.0702 e. The highest BCUT2D eigenvalue weighted by Crippen LogP contribution is 2.17. The molecule has 1 aromatic heterocycles. The minimum absolute atomic E-state index is 1.03. The molecule has 0 unspecified atom stereocenters. The lowest BCUT2D eigenvalue weighted by atomic mass is 10.1. The molecule has 17 heavy (non-hydrogen) atoms. The van der Waals surface area contributed by atoms with Gasteiger partial charge in [-0.3, -0.25) is 4.98 Å². The van der Waals surface area contributed by atoms with E-state index in [0.717, 1.165) is 22.2 Å². The van der Waals surface area contributed by atoms with Crippen molar-refractivity contribution in [3.63, 3.8) is 0 Å². The van der Waals surface area contributed by atoms with Crippen molar-refractivity contribution >= 4 is 16.6 Å². The van der Waals surface area contributed by atoms with Crippen LogP contribution in [-0.4, -0.2) is 4.98 Å². The van der Waals surface area contributed by atoms with Crippen LogP contribution in [0.15, 0.2) is 54.9 Å². The van der Waals surface area contributed by atoms with Gasteiger partial charge in [0.25, 0.3) is 0 Å². The van der Waals surface area contributed by atoms with E-state index in [0.29, 0.717) is 0 Å². The van der Waals surface area contributed by atoms with E-state index in [1.807, 2.05) is 56.6 Å². The number of aromatic nitrogens is 1. The fourth-order valence-corrected chi connectivity index (χ4v) is 1.72. The van der Waals surface area contributed by atoms with Crippen LogP contribution in [0, 0.1) is 0 Å². The Kier molecular flexibility index (Phi) is 3.55. The van der Waals surface area contributed by atoms with Crippen LogP contribution >= 0.6 is 0 Å². The van der Waals surface area contributed by atoms with Gasteiger partial charge in [-0.05, 0) is 32.2 Å². The zero-order chi connectivity index (χ0) is 12.1. The Balaban J connectivity index is 2.41. The Morgan fingerprint density at radius 3 is 2.82 bits per heavy atom. The third-order valence-corrected chi connectivity index (χ3v) is 2.60. The van der Waals surface area contributed by atoms with Gasteiger partial charge in [0.2, 0.25) is 0 Å². The van der Waals surface area contributed by atoms with E-state index < -0.39 is 0 Å². The van der Waals surface area contributed by atoms with E-state index in [9.17, 15) is 0 Å². The number of nitrogens with one attached hydrogen (secondary N) is 1. The van der Waals surface area contributed by atoms with Crippen molar-refractivity contribution in [1.29, 1.82) is 0 Å². The van der Waals surface area contributed by atoms with Gasteiger partial charge in [-0.2, -0.15) is 0 Å². The molecule has 2 aromatic rings. The zero-order valence-electron chi connectivity index (χ0n) is 10.1. The number of benzene rings is 1. The number of rotatable bonds is 3. The number of allylic oxidation sites excluding steroid dienone is 2. The van der Waals surface area contributed by atoms with Gasteiger partial charge in [0.15, 0.2) is 0 Å². The summed E-state index contributed by atoms with van der Waals surface area (Å²) in [6, 6.07) is 10.3. The number of hydrogen-bond donors (Lipinski definition) is 1. The number of nitrogens with zero attached hydrogens (tertiary/aromatic N) is 1. The minimum atomic E-state index is 1.03. The summed E-state index contributed by atoms with van der Waals surface area (Å²) >= 11 is 0. The summed E-state index contributed by atoms with van der Waals surface area (Å²) in [6.45, 7) is 4.00. The van der Waals surface area contributed by atoms with Crippen LogP contribution < -0.4 is 5.32 Å². The molecule has 86 valence electrons. The molecular formula is C15H16N2. The Bertz CT molecular complexity index is 568. The summed E-state index contributed by atoms with van der Waals surface area (Å²) in [5.41, 5.74) is 3.20. The van der Waals surface area contributed by atoms with Gasteiger partial charge in [-0.1, -0.05) is 30.4 Å². The fourth-order valence-electron chi connectivity index (χ4n) is 1.72. The molecule has 2 rings (SSSR count). The maximum Gasteiger partial charge on any atom is 0.0702 e. The monoisotopic (exact) mass is 224 g/mol. The quantitative estimate of drug-likeness (QED) is 0.859. The molecule has 0 spiro atoms. The molecule has 0 radical (unpaired) electrons. The Morgan fingerprint density at radius 2 is 2.06 bits per heavy atom. The van der Waals surface area contributed by atoms with Crippen LogP contribution in [-0.2, 0) is 0 Å². The first-order valence-corrected chi connectivity index (χ1v) is 5.74. The molecule has 2 heteroatoms. The van der Waals surface area contributed by atoms with Gasteiger partial charge in [-0.15, -0.1) is 0 Å². The van der Waals surface area contributed by atoms with Crippen LogP contribution in [0.25, 0.3) is 16.6 Å². The highest BCUT2D eigenvalue weighted by molar-refractivity contribution is 5.82. The minimum Gasteiger partial charge on any atom is -0.362 e. The first kappa shape index (κ1) is 11.4. The van der Waals surface area contributed by atoms with Crippen molar-refractivity contribution in [2.75, 3.05) is 0 Å². The highest BCUT2D eigenvalue weighted by Gasteiger charge is 2.00. The van der Waals surface area contributed by atoms with E-state index in [1.54, 1.807) is 0 Å². The molecule has 0 amide bonds. The van der Waals surface area contributed by atoms with Gasteiger partial charge < -0.3 is 5.32 Å². The molecule has 0 aliphatic carbocycles. The average Bonchev–Trinajstić information content (AvgIpc) is 2.39. The zero-order valence-corrected chi connectivity index (χ0v) is 10.1. The molecule has 0 aliphatic heterocycles. The van der Waals surface area contributed by atoms with E-state index in [1.165, 1.54) is 0 Å². The fraction of sp³-hybridized carbons (Fsp3) is 0.133. The van der Waals surface area contributed by atoms with Crippen molar-refractivity contribution in [2.24, 2.45) is 0 Å². The first-order valence-electron chi connectivity index (χ1n) is 5.74. The maximum atomic E-state index is 4.45. The average molecular weight is 224 g/mol. The van der Waals surface area contributed by atoms with Crippen LogP contribution in [0.5, 0.6) is 0 Å². The molecule has 0 bridgehead atoms. The van der Waals surface area contributed by atoms with Gasteiger partial charge in [0, 0.05) is 22.8 Å². The SMILES string of the molecule is C/C=C\N/C(=C\C)c1cnc2ccccc2c1. The summed E-state index contributed by atoms with van der Waals surface area (Å²) in [4.78, 5) is 4.45. The molecule has 0 aliphatic rings. The molecule has 1 aromatic carbocycles. The van der Waals surface area contributed by atoms with Crippen LogP contribution in [0.2, 0.25) is 0 Å². The van der Waals surface area contributed by atoms with Gasteiger partial charge in [-0.25, -0.2) is 0 Å². The molecule has 0 saturated heterocycles. The largest absolute Gasteiger partial charge is 0.362 e. The van der Waals surface area contributed by atoms with Crippen LogP contribution in [0.4, 0.5) is 0 Å². The third-order valence-electron chi connectivity index (χ3n) is 2.60. The Morgan fingerprint density at radius 1 is 1.24 bits per heavy atom. The Hall–Kier alpha value is -2.09. The second kappa shape index (κ2) is 5.30. The molecule has 0 saturated carbocycles. The lowest BCUT2D eigenvalue weighted by Gasteiger charge is -2.07. The van der Waals surface area contributed by atoms with Crippen molar-refractivity contribution in [1.82, 2.24) is 10.3 Å². The number of para-hydroxylation sites is 1. The number of fused-ring (bicyclic) bond motifs is 1. The molecule has 1 N–H and O–H groups in total. The lowest BCUT2D eigenvalue weighted by molar-refractivity contribution is 1.19. The maximum absolute atomic E-state index is 4.45. The first-order chi connectivity index (χ1) is 8.35. The van der Waals surface area contributed by atoms with Gasteiger partial charge >= 0.3 is 0 Å². The molecule has 0 fully saturated rings. The van der Waals surface area contributed by atoms with E-state index >= 15 is 0 Å². The predicted molar refractivity (Wildman–Crippen MR) is 73.3 cm³/mol. The summed E-state index contributed by atoms with van der Waals surface area (Å²) in [7, 11) is 0. The van der Waals surface area contributed by atoms with Gasteiger partial charge in [0.1, 0.15) is 0 Å². The van der Waals surface area contributed by atoms with Crippen molar-refractivity contribution in [3.8, 4) is 0 Å². The molecule has 0 atom stereocenters. The van der Waals surface area contributed by atoms with Gasteiger partial charge in [0.05, 0.1) is 5.52 Å². The highest BCUT2D eigenvalue weighted by atomic mass is 14.9. The molecule has 1 heterocycles. The lowest BCUT2D eigenvalue weighted by Crippen LogP contribution is -2.03. The van der Waals surface area contributed by atoms with Crippen molar-refractivity contribution in [2.45, 2.75) is 13.8 Å². The topological polar surface area (TPSA) is 24.9 Å². The Labute approximate surface area is 102 Å². The molecular weight excluding hydrogens is 208 g/mol. The second-order valence-corrected chi connectivity index (χ2v) is 3.76. The van der Waals surface area contributed by atoms with E-state index in [4.69, 9.17) is 0 Å². The number of pyridine rings is 1. The number of hydrogen-bond acceptors (Lipinski definition) is 2. The predicted octanol–water partition coefficient (Wildman–Crippen LogP) is 3.72. The standard InChI is InChI=1S/C15H16N2/c1-3-9-16-14(4-2)13-10-12-7-5-6-8-15(12)17-11-13/h3-11,16H,1-2H3/b9-3-,14-4-. The normalized spacial score (nSPS) is 12.2. The summed E-state index contributed by atoms with van der Waals surface area (Å²) in [5.74, 6) is 0. The van der Waals surface area contributed by atoms with Crippen molar-refractivity contribution < 1.29 is 0 Å².